The van der Waals surface area contributed by atoms with Crippen molar-refractivity contribution in [2.75, 3.05) is 11.1 Å². The number of unbranched alkanes of at least 4 members (excludes halogenated alkanes) is 3. The first-order valence-corrected chi connectivity index (χ1v) is 6.30. The molecular weight excluding hydrogens is 255 g/mol. The average molecular weight is 269 g/mol. The van der Waals surface area contributed by atoms with Gasteiger partial charge in [-0.3, -0.25) is 4.55 Å². The molecule has 0 fully saturated rings. The first-order chi connectivity index (χ1) is 5.06. The molecule has 0 atom stereocenters. The van der Waals surface area contributed by atoms with E-state index in [4.69, 9.17) is 4.55 Å². The third-order valence-corrected chi connectivity index (χ3v) is 2.65. The van der Waals surface area contributed by atoms with Crippen LogP contribution in [0.2, 0.25) is 0 Å². The average Bonchev–Trinajstić information content (AvgIpc) is 1.85. The Morgan fingerprint density at radius 3 is 2.08 bits per heavy atom. The summed E-state index contributed by atoms with van der Waals surface area (Å²) in [5.41, 5.74) is 0. The van der Waals surface area contributed by atoms with E-state index in [0.717, 1.165) is 24.6 Å². The minimum absolute atomic E-state index is 0. The van der Waals surface area contributed by atoms with E-state index in [2.05, 4.69) is 15.9 Å². The molecule has 0 heterocycles. The van der Waals surface area contributed by atoms with Crippen LogP contribution in [0.15, 0.2) is 0 Å². The second-order valence-corrected chi connectivity index (χ2v) is 4.75. The Morgan fingerprint density at radius 2 is 1.67 bits per heavy atom. The summed E-state index contributed by atoms with van der Waals surface area (Å²) >= 11 is 3.27. The van der Waals surface area contributed by atoms with Crippen molar-refractivity contribution in [2.45, 2.75) is 25.7 Å². The van der Waals surface area contributed by atoms with Crippen molar-refractivity contribution >= 4 is 26.0 Å². The molecule has 0 aliphatic heterocycles. The van der Waals surface area contributed by atoms with Crippen molar-refractivity contribution in [3.63, 3.8) is 0 Å². The van der Waals surface area contributed by atoms with Gasteiger partial charge < -0.3 is 1.43 Å². The van der Waals surface area contributed by atoms with E-state index >= 15 is 0 Å². The predicted octanol–water partition coefficient (Wildman–Crippen LogP) is -1.05. The van der Waals surface area contributed by atoms with E-state index in [-0.39, 0.29) is 36.7 Å². The Labute approximate surface area is 106 Å². The zero-order valence-electron chi connectivity index (χ0n) is 8.29. The molecule has 0 unspecified atom stereocenters. The summed E-state index contributed by atoms with van der Waals surface area (Å²) in [6, 6.07) is 0. The summed E-state index contributed by atoms with van der Waals surface area (Å²) in [6.07, 6.45) is 3.50. The van der Waals surface area contributed by atoms with Gasteiger partial charge in [-0.2, -0.15) is 8.42 Å². The van der Waals surface area contributed by atoms with Gasteiger partial charge in [-0.1, -0.05) is 28.8 Å². The number of hydrogen-bond acceptors (Lipinski definition) is 2. The van der Waals surface area contributed by atoms with Crippen LogP contribution in [0.4, 0.5) is 0 Å². The second kappa shape index (κ2) is 8.97. The van der Waals surface area contributed by atoms with Crippen molar-refractivity contribution in [1.82, 2.24) is 0 Å². The molecule has 0 aromatic heterocycles. The molecule has 6 heteroatoms. The smallest absolute Gasteiger partial charge is 1.00 e. The Hall–Kier alpha value is 1.39. The normalized spacial score (nSPS) is 10.8. The van der Waals surface area contributed by atoms with E-state index in [9.17, 15) is 8.42 Å². The molecule has 0 aliphatic rings. The van der Waals surface area contributed by atoms with Gasteiger partial charge >= 0.3 is 29.6 Å². The predicted molar refractivity (Wildman–Crippen MR) is 49.8 cm³/mol. The molecule has 0 aromatic rings. The Bertz CT molecular complexity index is 186. The van der Waals surface area contributed by atoms with Gasteiger partial charge in [0.1, 0.15) is 0 Å². The molecule has 0 aromatic carbocycles. The molecule has 70 valence electrons. The number of halogens is 1. The first kappa shape index (κ1) is 15.8. The largest absolute Gasteiger partial charge is 1.00 e. The van der Waals surface area contributed by atoms with E-state index in [1.54, 1.807) is 0 Å². The minimum atomic E-state index is -3.72. The zero-order chi connectivity index (χ0) is 8.74. The SMILES string of the molecule is O=S(=O)(O)CCCCCCBr.[H-].[Na+]. The molecule has 0 rings (SSSR count). The number of hydrogen-bond donors (Lipinski definition) is 1. The second-order valence-electron chi connectivity index (χ2n) is 2.39. The molecule has 0 amide bonds. The first-order valence-electron chi connectivity index (χ1n) is 3.57. The van der Waals surface area contributed by atoms with E-state index < -0.39 is 10.1 Å². The van der Waals surface area contributed by atoms with Gasteiger partial charge in [0.05, 0.1) is 5.75 Å². The van der Waals surface area contributed by atoms with Gasteiger partial charge in [0.2, 0.25) is 0 Å². The topological polar surface area (TPSA) is 54.4 Å². The Morgan fingerprint density at radius 1 is 1.17 bits per heavy atom. The van der Waals surface area contributed by atoms with Crippen molar-refractivity contribution in [3.05, 3.63) is 0 Å². The van der Waals surface area contributed by atoms with Crippen LogP contribution in [0.5, 0.6) is 0 Å². The maximum atomic E-state index is 10.2. The fourth-order valence-corrected chi connectivity index (χ4v) is 1.70. The maximum absolute atomic E-state index is 10.2. The standard InChI is InChI=1S/C6H13BrO3S.Na.H/c7-5-3-1-2-4-6-11(8,9)10;;/h1-6H2,(H,8,9,10);;/q;+1;-1. The molecule has 0 saturated carbocycles. The summed E-state index contributed by atoms with van der Waals surface area (Å²) in [7, 11) is -3.72. The van der Waals surface area contributed by atoms with Gasteiger partial charge in [-0.05, 0) is 12.8 Å². The van der Waals surface area contributed by atoms with E-state index in [1.165, 1.54) is 0 Å². The van der Waals surface area contributed by atoms with Crippen molar-refractivity contribution in [3.8, 4) is 0 Å². The zero-order valence-corrected chi connectivity index (χ0v) is 11.7. The van der Waals surface area contributed by atoms with Crippen molar-refractivity contribution in [2.24, 2.45) is 0 Å². The molecule has 1 N–H and O–H groups in total. The Kier molecular flexibility index (Phi) is 11.8. The molecular formula is C6H14BrNaO3S. The molecule has 0 saturated heterocycles. The molecule has 3 nitrogen and oxygen atoms in total. The molecule has 0 aliphatic carbocycles. The third-order valence-electron chi connectivity index (χ3n) is 1.29. The van der Waals surface area contributed by atoms with E-state index in [0.29, 0.717) is 6.42 Å². The van der Waals surface area contributed by atoms with Crippen LogP contribution in [-0.4, -0.2) is 24.1 Å². The molecule has 12 heavy (non-hydrogen) atoms. The van der Waals surface area contributed by atoms with Crippen LogP contribution in [0.1, 0.15) is 27.1 Å². The van der Waals surface area contributed by atoms with Crippen LogP contribution in [0.25, 0.3) is 0 Å². The van der Waals surface area contributed by atoms with Crippen LogP contribution < -0.4 is 29.6 Å². The fraction of sp³-hybridized carbons (Fsp3) is 1.00. The quantitative estimate of drug-likeness (QED) is 0.290. The monoisotopic (exact) mass is 268 g/mol. The fourth-order valence-electron chi connectivity index (χ4n) is 0.733. The van der Waals surface area contributed by atoms with E-state index in [1.807, 2.05) is 0 Å². The number of alkyl halides is 1. The Balaban J connectivity index is -0.000000500. The summed E-state index contributed by atoms with van der Waals surface area (Å²) < 4.78 is 28.8. The summed E-state index contributed by atoms with van der Waals surface area (Å²) in [6.45, 7) is 0. The molecule has 0 radical (unpaired) electrons. The van der Waals surface area contributed by atoms with Gasteiger partial charge in [0, 0.05) is 5.33 Å². The van der Waals surface area contributed by atoms with Gasteiger partial charge in [-0.15, -0.1) is 0 Å². The maximum Gasteiger partial charge on any atom is 1.00 e. The van der Waals surface area contributed by atoms with Crippen LogP contribution in [0, 0.1) is 0 Å². The van der Waals surface area contributed by atoms with Gasteiger partial charge in [0.25, 0.3) is 10.1 Å². The van der Waals surface area contributed by atoms with Crippen molar-refractivity contribution in [1.29, 1.82) is 0 Å². The summed E-state index contributed by atoms with van der Waals surface area (Å²) in [4.78, 5) is 0. The van der Waals surface area contributed by atoms with Crippen LogP contribution in [-0.2, 0) is 10.1 Å². The summed E-state index contributed by atoms with van der Waals surface area (Å²) in [5.74, 6) is -0.102. The van der Waals surface area contributed by atoms with Gasteiger partial charge in [-0.25, -0.2) is 0 Å². The van der Waals surface area contributed by atoms with Gasteiger partial charge in [0.15, 0.2) is 0 Å². The van der Waals surface area contributed by atoms with Crippen LogP contribution >= 0.6 is 15.9 Å². The third kappa shape index (κ3) is 13.9. The minimum Gasteiger partial charge on any atom is -1.00 e. The number of rotatable bonds is 6. The molecule has 0 bridgehead atoms. The van der Waals surface area contributed by atoms with Crippen molar-refractivity contribution < 1.29 is 44.0 Å². The summed E-state index contributed by atoms with van der Waals surface area (Å²) in [5, 5.41) is 0.957. The van der Waals surface area contributed by atoms with Crippen LogP contribution in [0.3, 0.4) is 0 Å². The molecule has 0 spiro atoms.